The van der Waals surface area contributed by atoms with E-state index in [2.05, 4.69) is 76.2 Å². The van der Waals surface area contributed by atoms with Gasteiger partial charge in [0.15, 0.2) is 5.96 Å². The topological polar surface area (TPSA) is 39.7 Å². The molecule has 1 fully saturated rings. The van der Waals surface area contributed by atoms with Gasteiger partial charge in [0.2, 0.25) is 0 Å². The molecule has 27 heavy (non-hydrogen) atoms. The van der Waals surface area contributed by atoms with Gasteiger partial charge in [-0.1, -0.05) is 25.1 Å². The second kappa shape index (κ2) is 10.9. The van der Waals surface area contributed by atoms with E-state index in [1.165, 1.54) is 42.1 Å². The van der Waals surface area contributed by atoms with Crippen molar-refractivity contribution in [3.05, 3.63) is 52.2 Å². The van der Waals surface area contributed by atoms with E-state index in [0.717, 1.165) is 12.5 Å². The number of halogens is 1. The first-order valence-electron chi connectivity index (χ1n) is 9.53. The van der Waals surface area contributed by atoms with Crippen molar-refractivity contribution in [1.82, 2.24) is 10.6 Å². The Morgan fingerprint density at radius 3 is 2.63 bits per heavy atom. The summed E-state index contributed by atoms with van der Waals surface area (Å²) in [6.45, 7) is 7.67. The third kappa shape index (κ3) is 6.10. The third-order valence-electron chi connectivity index (χ3n) is 5.02. The summed E-state index contributed by atoms with van der Waals surface area (Å²) in [6, 6.07) is 13.4. The largest absolute Gasteiger partial charge is 0.372 e. The zero-order valence-corrected chi connectivity index (χ0v) is 19.6. The number of hydrogen-bond acceptors (Lipinski definition) is 3. The minimum atomic E-state index is 0. The summed E-state index contributed by atoms with van der Waals surface area (Å²) in [5.74, 6) is 1.33. The van der Waals surface area contributed by atoms with Gasteiger partial charge >= 0.3 is 0 Å². The molecule has 1 aromatic heterocycles. The Kier molecular flexibility index (Phi) is 8.89. The van der Waals surface area contributed by atoms with Crippen molar-refractivity contribution in [1.29, 1.82) is 0 Å². The normalized spacial score (nSPS) is 16.6. The number of nitrogens with zero attached hydrogens (tertiary/aromatic N) is 2. The molecule has 0 spiro atoms. The number of anilines is 1. The highest BCUT2D eigenvalue weighted by molar-refractivity contribution is 14.0. The summed E-state index contributed by atoms with van der Waals surface area (Å²) < 4.78 is 0. The van der Waals surface area contributed by atoms with Gasteiger partial charge in [-0.2, -0.15) is 0 Å². The second-order valence-electron chi connectivity index (χ2n) is 7.02. The van der Waals surface area contributed by atoms with Gasteiger partial charge in [-0.15, -0.1) is 35.3 Å². The number of aliphatic imine (C=N–C) groups is 1. The maximum absolute atomic E-state index is 4.39. The Morgan fingerprint density at radius 2 is 1.96 bits per heavy atom. The van der Waals surface area contributed by atoms with E-state index in [1.54, 1.807) is 0 Å². The van der Waals surface area contributed by atoms with Crippen LogP contribution >= 0.6 is 35.3 Å². The van der Waals surface area contributed by atoms with Crippen molar-refractivity contribution in [3.8, 4) is 0 Å². The van der Waals surface area contributed by atoms with Crippen LogP contribution in [0.3, 0.4) is 0 Å². The van der Waals surface area contributed by atoms with Gasteiger partial charge in [0, 0.05) is 43.2 Å². The number of benzene rings is 1. The first kappa shape index (κ1) is 22.0. The molecule has 1 aliphatic rings. The first-order valence-corrected chi connectivity index (χ1v) is 10.4. The van der Waals surface area contributed by atoms with Crippen LogP contribution in [-0.2, 0) is 0 Å². The predicted octanol–water partition coefficient (Wildman–Crippen LogP) is 5.00. The molecule has 2 atom stereocenters. The number of rotatable bonds is 6. The standard InChI is InChI=1S/C21H30N4S.HI/c1-16(20-10-7-13-26-20)15-23-21(22-3)24-17(2)18-8-6-9-19(14-18)25-11-4-5-12-25;/h6-10,13-14,16-17H,4-5,11-12,15H2,1-3H3,(H2,22,23,24);1H. The zero-order chi connectivity index (χ0) is 18.4. The van der Waals surface area contributed by atoms with E-state index in [4.69, 9.17) is 0 Å². The molecule has 0 radical (unpaired) electrons. The lowest BCUT2D eigenvalue weighted by atomic mass is 10.1. The van der Waals surface area contributed by atoms with Crippen LogP contribution in [0.5, 0.6) is 0 Å². The van der Waals surface area contributed by atoms with E-state index in [1.807, 2.05) is 18.4 Å². The lowest BCUT2D eigenvalue weighted by Gasteiger charge is -2.22. The molecule has 2 N–H and O–H groups in total. The molecule has 0 aliphatic carbocycles. The molecular formula is C21H31IN4S. The van der Waals surface area contributed by atoms with Gasteiger partial charge in [-0.25, -0.2) is 0 Å². The van der Waals surface area contributed by atoms with E-state index in [-0.39, 0.29) is 30.0 Å². The van der Waals surface area contributed by atoms with Gasteiger partial charge in [-0.05, 0) is 48.9 Å². The summed E-state index contributed by atoms with van der Waals surface area (Å²) in [5.41, 5.74) is 2.63. The van der Waals surface area contributed by atoms with Crippen molar-refractivity contribution < 1.29 is 0 Å². The molecule has 0 bridgehead atoms. The van der Waals surface area contributed by atoms with Crippen LogP contribution in [0.25, 0.3) is 0 Å². The van der Waals surface area contributed by atoms with E-state index >= 15 is 0 Å². The fraction of sp³-hybridized carbons (Fsp3) is 0.476. The Bertz CT molecular complexity index is 711. The van der Waals surface area contributed by atoms with Crippen LogP contribution < -0.4 is 15.5 Å². The molecular weight excluding hydrogens is 467 g/mol. The van der Waals surface area contributed by atoms with Gasteiger partial charge in [0.05, 0.1) is 6.04 Å². The van der Waals surface area contributed by atoms with Crippen LogP contribution in [0.2, 0.25) is 0 Å². The molecule has 4 nitrogen and oxygen atoms in total. The van der Waals surface area contributed by atoms with Crippen molar-refractivity contribution in [2.45, 2.75) is 38.6 Å². The average molecular weight is 498 g/mol. The minimum Gasteiger partial charge on any atom is -0.372 e. The molecule has 6 heteroatoms. The molecule has 0 saturated carbocycles. The van der Waals surface area contributed by atoms with Crippen LogP contribution in [0, 0.1) is 0 Å². The molecule has 1 aliphatic heterocycles. The smallest absolute Gasteiger partial charge is 0.191 e. The van der Waals surface area contributed by atoms with E-state index in [9.17, 15) is 0 Å². The molecule has 0 amide bonds. The molecule has 1 aromatic carbocycles. The van der Waals surface area contributed by atoms with E-state index < -0.39 is 0 Å². The minimum absolute atomic E-state index is 0. The highest BCUT2D eigenvalue weighted by Crippen LogP contribution is 2.24. The van der Waals surface area contributed by atoms with Crippen LogP contribution in [0.15, 0.2) is 46.8 Å². The van der Waals surface area contributed by atoms with Crippen LogP contribution in [0.1, 0.15) is 49.1 Å². The average Bonchev–Trinajstić information content (AvgIpc) is 3.38. The number of nitrogens with one attached hydrogen (secondary N) is 2. The molecule has 1 saturated heterocycles. The van der Waals surface area contributed by atoms with Gasteiger partial charge in [0.1, 0.15) is 0 Å². The highest BCUT2D eigenvalue weighted by atomic mass is 127. The van der Waals surface area contributed by atoms with Gasteiger partial charge < -0.3 is 15.5 Å². The Morgan fingerprint density at radius 1 is 1.19 bits per heavy atom. The van der Waals surface area contributed by atoms with Crippen molar-refractivity contribution in [2.75, 3.05) is 31.6 Å². The predicted molar refractivity (Wildman–Crippen MR) is 129 cm³/mol. The van der Waals surface area contributed by atoms with Gasteiger partial charge in [-0.3, -0.25) is 4.99 Å². The van der Waals surface area contributed by atoms with Crippen molar-refractivity contribution in [3.63, 3.8) is 0 Å². The zero-order valence-electron chi connectivity index (χ0n) is 16.4. The summed E-state index contributed by atoms with van der Waals surface area (Å²) in [5, 5.41) is 9.12. The number of hydrogen-bond donors (Lipinski definition) is 2. The first-order chi connectivity index (χ1) is 12.7. The van der Waals surface area contributed by atoms with E-state index in [0.29, 0.717) is 5.92 Å². The summed E-state index contributed by atoms with van der Waals surface area (Å²) >= 11 is 1.81. The second-order valence-corrected chi connectivity index (χ2v) is 8.00. The maximum atomic E-state index is 4.39. The monoisotopic (exact) mass is 498 g/mol. The number of guanidine groups is 1. The van der Waals surface area contributed by atoms with Crippen LogP contribution in [-0.4, -0.2) is 32.6 Å². The molecule has 3 rings (SSSR count). The molecule has 2 unspecified atom stereocenters. The fourth-order valence-corrected chi connectivity index (χ4v) is 4.16. The highest BCUT2D eigenvalue weighted by Gasteiger charge is 2.15. The summed E-state index contributed by atoms with van der Waals surface area (Å²) in [4.78, 5) is 8.27. The number of thiophene rings is 1. The molecule has 2 heterocycles. The maximum Gasteiger partial charge on any atom is 0.191 e. The Hall–Kier alpha value is -1.28. The SMILES string of the molecule is CN=C(NCC(C)c1cccs1)NC(C)c1cccc(N2CCCC2)c1.I. The lowest BCUT2D eigenvalue weighted by molar-refractivity contribution is 0.661. The molecule has 148 valence electrons. The van der Waals surface area contributed by atoms with Crippen molar-refractivity contribution >= 4 is 47.0 Å². The fourth-order valence-electron chi connectivity index (χ4n) is 3.37. The third-order valence-corrected chi connectivity index (χ3v) is 6.13. The molecule has 2 aromatic rings. The quantitative estimate of drug-likeness (QED) is 0.335. The Balaban J connectivity index is 0.00000261. The lowest BCUT2D eigenvalue weighted by Crippen LogP contribution is -2.40. The Labute approximate surface area is 184 Å². The van der Waals surface area contributed by atoms with Crippen molar-refractivity contribution in [2.24, 2.45) is 4.99 Å². The van der Waals surface area contributed by atoms with Crippen LogP contribution in [0.4, 0.5) is 5.69 Å². The van der Waals surface area contributed by atoms with Gasteiger partial charge in [0.25, 0.3) is 0 Å². The summed E-state index contributed by atoms with van der Waals surface area (Å²) in [6.07, 6.45) is 2.61. The summed E-state index contributed by atoms with van der Waals surface area (Å²) in [7, 11) is 1.83.